The van der Waals surface area contributed by atoms with Gasteiger partial charge >= 0.3 is 12.1 Å². The molecule has 0 aromatic rings. The van der Waals surface area contributed by atoms with Gasteiger partial charge in [-0.05, 0) is 91.3 Å². The second kappa shape index (κ2) is 14.8. The zero-order valence-corrected chi connectivity index (χ0v) is 28.3. The second-order valence-corrected chi connectivity index (χ2v) is 17.2. The molecule has 8 atom stereocenters. The van der Waals surface area contributed by atoms with Gasteiger partial charge in [-0.25, -0.2) is 4.79 Å². The second-order valence-electron chi connectivity index (χ2n) is 14.5. The Balaban J connectivity index is 1.24. The summed E-state index contributed by atoms with van der Waals surface area (Å²) in [4.78, 5) is 23.3. The van der Waals surface area contributed by atoms with Crippen molar-refractivity contribution >= 4 is 33.7 Å². The van der Waals surface area contributed by atoms with Crippen LogP contribution in [0, 0.1) is 46.3 Å². The molecule has 0 aromatic carbocycles. The number of hydrogen-bond acceptors (Lipinski definition) is 6. The predicted molar refractivity (Wildman–Crippen MR) is 173 cm³/mol. The molecule has 0 radical (unpaired) electrons. The van der Waals surface area contributed by atoms with Crippen molar-refractivity contribution in [1.82, 2.24) is 5.32 Å². The van der Waals surface area contributed by atoms with Crippen molar-refractivity contribution in [2.24, 2.45) is 46.3 Å². The van der Waals surface area contributed by atoms with Gasteiger partial charge in [0.1, 0.15) is 12.7 Å². The lowest BCUT2D eigenvalue weighted by Crippen LogP contribution is -2.51. The number of nitrogens with one attached hydrogen (secondary N) is 1. The number of esters is 1. The van der Waals surface area contributed by atoms with E-state index in [1.54, 1.807) is 27.2 Å². The van der Waals surface area contributed by atoms with Crippen LogP contribution in [-0.4, -0.2) is 42.8 Å². The summed E-state index contributed by atoms with van der Waals surface area (Å²) in [5.74, 6) is 6.40. The van der Waals surface area contributed by atoms with Gasteiger partial charge in [0.15, 0.2) is 0 Å². The van der Waals surface area contributed by atoms with E-state index < -0.39 is 0 Å². The minimum atomic E-state index is -0.286. The fraction of sp³-hybridized carbons (Fsp3) is 0.882. The monoisotopic (exact) mass is 607 g/mol. The SMILES string of the molecule is CC(=O)OCCSSCCNC(=O)O[C@H]1CC[C@@]2(C)C(=CCC3C4CCC([C@H](C)CCCC(C)C)[C@@]4(C)CCC32)C1. The van der Waals surface area contributed by atoms with Crippen molar-refractivity contribution in [3.8, 4) is 0 Å². The van der Waals surface area contributed by atoms with E-state index in [1.165, 1.54) is 58.3 Å². The predicted octanol–water partition coefficient (Wildman–Crippen LogP) is 9.07. The normalized spacial score (nSPS) is 35.1. The average Bonchev–Trinajstić information content (AvgIpc) is 3.27. The molecule has 4 rings (SSSR count). The summed E-state index contributed by atoms with van der Waals surface area (Å²) in [6.45, 7) is 14.9. The Kier molecular flexibility index (Phi) is 11.9. The van der Waals surface area contributed by atoms with Gasteiger partial charge in [0.2, 0.25) is 0 Å². The Morgan fingerprint density at radius 2 is 1.80 bits per heavy atom. The molecule has 7 heteroatoms. The molecule has 0 aliphatic heterocycles. The Labute approximate surface area is 258 Å². The highest BCUT2D eigenvalue weighted by molar-refractivity contribution is 8.76. The molecule has 0 heterocycles. The lowest BCUT2D eigenvalue weighted by molar-refractivity contribution is -0.140. The third-order valence-corrected chi connectivity index (χ3v) is 13.9. The quantitative estimate of drug-likeness (QED) is 0.0975. The largest absolute Gasteiger partial charge is 0.465 e. The summed E-state index contributed by atoms with van der Waals surface area (Å²) in [7, 11) is 3.33. The Hall–Kier alpha value is -0.820. The van der Waals surface area contributed by atoms with Crippen molar-refractivity contribution < 1.29 is 19.1 Å². The summed E-state index contributed by atoms with van der Waals surface area (Å²) < 4.78 is 10.8. The van der Waals surface area contributed by atoms with Gasteiger partial charge in [0.05, 0.1) is 0 Å². The highest BCUT2D eigenvalue weighted by atomic mass is 33.1. The van der Waals surface area contributed by atoms with Crippen molar-refractivity contribution in [3.63, 3.8) is 0 Å². The van der Waals surface area contributed by atoms with Gasteiger partial charge in [0, 0.05) is 31.4 Å². The average molecular weight is 608 g/mol. The third kappa shape index (κ3) is 8.02. The van der Waals surface area contributed by atoms with E-state index in [0.29, 0.717) is 18.6 Å². The third-order valence-electron chi connectivity index (χ3n) is 11.5. The molecule has 1 N–H and O–H groups in total. The van der Waals surface area contributed by atoms with E-state index in [9.17, 15) is 9.59 Å². The molecule has 4 aliphatic carbocycles. The number of fused-ring (bicyclic) bond motifs is 5. The van der Waals surface area contributed by atoms with Crippen LogP contribution < -0.4 is 5.32 Å². The fourth-order valence-electron chi connectivity index (χ4n) is 9.48. The van der Waals surface area contributed by atoms with Crippen LogP contribution in [0.3, 0.4) is 0 Å². The Bertz CT molecular complexity index is 924. The standard InChI is InChI=1S/C34H57NO4S2/c1-23(2)8-7-9-24(3)29-12-13-30-28-11-10-26-22-27(14-16-33(26,5)31(28)15-17-34(29,30)6)39-32(37)35-18-20-40-41-21-19-38-25(4)36/h10,23-24,27-31H,7-9,11-22H2,1-6H3,(H,35,37)/t24-,27+,28?,29?,30?,31?,33+,34-/m1/s1. The van der Waals surface area contributed by atoms with Crippen LogP contribution in [-0.2, 0) is 14.3 Å². The summed E-state index contributed by atoms with van der Waals surface area (Å²) in [6.07, 6.45) is 16.4. The maximum absolute atomic E-state index is 12.5. The van der Waals surface area contributed by atoms with Gasteiger partial charge < -0.3 is 14.8 Å². The molecule has 234 valence electrons. The molecule has 4 unspecified atom stereocenters. The first-order valence-electron chi connectivity index (χ1n) is 16.6. The number of alkyl carbamates (subject to hydrolysis) is 1. The highest BCUT2D eigenvalue weighted by Gasteiger charge is 2.59. The molecule has 1 amide bonds. The number of ether oxygens (including phenoxy) is 2. The molecule has 5 nitrogen and oxygen atoms in total. The Morgan fingerprint density at radius 3 is 2.56 bits per heavy atom. The first kappa shape index (κ1) is 33.1. The zero-order chi connectivity index (χ0) is 29.6. The molecule has 3 saturated carbocycles. The molecular weight excluding hydrogens is 551 g/mol. The maximum Gasteiger partial charge on any atom is 0.407 e. The van der Waals surface area contributed by atoms with Crippen LogP contribution in [0.1, 0.15) is 112 Å². The number of hydrogen-bond donors (Lipinski definition) is 1. The molecule has 0 saturated heterocycles. The summed E-state index contributed by atoms with van der Waals surface area (Å²) in [5, 5.41) is 2.93. The smallest absolute Gasteiger partial charge is 0.407 e. The molecule has 41 heavy (non-hydrogen) atoms. The van der Waals surface area contributed by atoms with Crippen LogP contribution >= 0.6 is 21.6 Å². The van der Waals surface area contributed by atoms with E-state index in [1.807, 2.05) is 0 Å². The van der Waals surface area contributed by atoms with Crippen LogP contribution in [0.4, 0.5) is 4.79 Å². The number of allylic oxidation sites excluding steroid dienone is 1. The minimum Gasteiger partial charge on any atom is -0.465 e. The first-order chi connectivity index (χ1) is 19.5. The van der Waals surface area contributed by atoms with Crippen molar-refractivity contribution in [1.29, 1.82) is 0 Å². The molecule has 0 aromatic heterocycles. The molecular formula is C34H57NO4S2. The minimum absolute atomic E-state index is 0.00645. The van der Waals surface area contributed by atoms with Crippen LogP contribution in [0.5, 0.6) is 0 Å². The topological polar surface area (TPSA) is 64.6 Å². The van der Waals surface area contributed by atoms with Gasteiger partial charge in [-0.3, -0.25) is 4.79 Å². The van der Waals surface area contributed by atoms with E-state index in [2.05, 4.69) is 46.0 Å². The van der Waals surface area contributed by atoms with Gasteiger partial charge in [-0.2, -0.15) is 0 Å². The van der Waals surface area contributed by atoms with Gasteiger partial charge in [0.25, 0.3) is 0 Å². The number of amides is 1. The van der Waals surface area contributed by atoms with E-state index in [4.69, 9.17) is 9.47 Å². The lowest BCUT2D eigenvalue weighted by Gasteiger charge is -2.58. The van der Waals surface area contributed by atoms with Crippen molar-refractivity contribution in [2.75, 3.05) is 24.7 Å². The maximum atomic E-state index is 12.5. The molecule has 4 aliphatic rings. The number of carbonyl (C=O) groups is 2. The van der Waals surface area contributed by atoms with Gasteiger partial charge in [-0.15, -0.1) is 0 Å². The number of rotatable bonds is 13. The zero-order valence-electron chi connectivity index (χ0n) is 26.7. The highest BCUT2D eigenvalue weighted by Crippen LogP contribution is 2.67. The van der Waals surface area contributed by atoms with Crippen molar-refractivity contribution in [2.45, 2.75) is 118 Å². The molecule has 3 fully saturated rings. The molecule has 0 bridgehead atoms. The summed E-state index contributed by atoms with van der Waals surface area (Å²) in [6, 6.07) is 0. The van der Waals surface area contributed by atoms with Crippen LogP contribution in [0.2, 0.25) is 0 Å². The summed E-state index contributed by atoms with van der Waals surface area (Å²) >= 11 is 0. The fourth-order valence-corrected chi connectivity index (χ4v) is 11.2. The van der Waals surface area contributed by atoms with Gasteiger partial charge in [-0.1, -0.05) is 87.1 Å². The first-order valence-corrected chi connectivity index (χ1v) is 19.0. The van der Waals surface area contributed by atoms with Crippen LogP contribution in [0.15, 0.2) is 11.6 Å². The van der Waals surface area contributed by atoms with Crippen LogP contribution in [0.25, 0.3) is 0 Å². The van der Waals surface area contributed by atoms with Crippen molar-refractivity contribution in [3.05, 3.63) is 11.6 Å². The molecule has 0 spiro atoms. The Morgan fingerprint density at radius 1 is 1.02 bits per heavy atom. The number of carbonyl (C=O) groups excluding carboxylic acids is 2. The van der Waals surface area contributed by atoms with E-state index >= 15 is 0 Å². The lowest BCUT2D eigenvalue weighted by atomic mass is 9.47. The summed E-state index contributed by atoms with van der Waals surface area (Å²) in [5.41, 5.74) is 2.38. The van der Waals surface area contributed by atoms with E-state index in [-0.39, 0.29) is 23.6 Å². The van der Waals surface area contributed by atoms with E-state index in [0.717, 1.165) is 66.3 Å².